The number of hydrogen-bond acceptors (Lipinski definition) is 4. The van der Waals surface area contributed by atoms with Crippen molar-refractivity contribution in [2.45, 2.75) is 33.0 Å². The molecule has 0 atom stereocenters. The van der Waals surface area contributed by atoms with E-state index < -0.39 is 0 Å². The van der Waals surface area contributed by atoms with Crippen LogP contribution in [0.25, 0.3) is 0 Å². The summed E-state index contributed by atoms with van der Waals surface area (Å²) in [5.41, 5.74) is 0.985. The molecule has 1 N–H and O–H groups in total. The van der Waals surface area contributed by atoms with Gasteiger partial charge in [-0.3, -0.25) is 9.36 Å². The summed E-state index contributed by atoms with van der Waals surface area (Å²) in [5, 5.41) is 15.8. The van der Waals surface area contributed by atoms with Gasteiger partial charge in [0.05, 0.1) is 28.6 Å². The van der Waals surface area contributed by atoms with Crippen molar-refractivity contribution in [3.05, 3.63) is 27.9 Å². The van der Waals surface area contributed by atoms with Crippen LogP contribution in [0, 0.1) is 3.57 Å². The Morgan fingerprint density at radius 2 is 2.11 bits per heavy atom. The largest absolute Gasteiger partial charge is 0.311 e. The fourth-order valence-corrected chi connectivity index (χ4v) is 2.03. The molecule has 0 unspecified atom stereocenters. The van der Waals surface area contributed by atoms with Gasteiger partial charge in [0.2, 0.25) is 0 Å². The average molecular weight is 360 g/mol. The van der Waals surface area contributed by atoms with Crippen LogP contribution in [0.5, 0.6) is 0 Å². The van der Waals surface area contributed by atoms with E-state index in [-0.39, 0.29) is 0 Å². The fourth-order valence-electron chi connectivity index (χ4n) is 1.59. The first-order valence-electron chi connectivity index (χ1n) is 6.05. The van der Waals surface area contributed by atoms with Gasteiger partial charge < -0.3 is 5.32 Å². The van der Waals surface area contributed by atoms with E-state index in [4.69, 9.17) is 0 Å². The second kappa shape index (κ2) is 6.83. The molecule has 2 aromatic rings. The van der Waals surface area contributed by atoms with Gasteiger partial charge in [0.25, 0.3) is 0 Å². The Morgan fingerprint density at radius 3 is 2.83 bits per heavy atom. The number of aryl methyl sites for hydroxylation is 2. The van der Waals surface area contributed by atoms with Crippen LogP contribution in [0.3, 0.4) is 0 Å². The second-order valence-electron chi connectivity index (χ2n) is 4.07. The van der Waals surface area contributed by atoms with Crippen LogP contribution in [0.1, 0.15) is 19.0 Å². The lowest BCUT2D eigenvalue weighted by molar-refractivity contribution is 0.489. The third-order valence-electron chi connectivity index (χ3n) is 2.48. The zero-order valence-corrected chi connectivity index (χ0v) is 12.5. The third kappa shape index (κ3) is 4.05. The van der Waals surface area contributed by atoms with Crippen LogP contribution in [0.2, 0.25) is 0 Å². The van der Waals surface area contributed by atoms with Gasteiger partial charge in [-0.05, 0) is 35.6 Å². The lowest BCUT2D eigenvalue weighted by Gasteiger charge is -2.00. The molecule has 0 spiro atoms. The summed E-state index contributed by atoms with van der Waals surface area (Å²) in [6.45, 7) is 5.55. The first kappa shape index (κ1) is 13.5. The van der Waals surface area contributed by atoms with E-state index in [9.17, 15) is 0 Å². The van der Waals surface area contributed by atoms with Crippen molar-refractivity contribution < 1.29 is 0 Å². The molecule has 0 saturated heterocycles. The highest BCUT2D eigenvalue weighted by molar-refractivity contribution is 14.1. The van der Waals surface area contributed by atoms with Crippen molar-refractivity contribution in [1.29, 1.82) is 0 Å². The Labute approximate surface area is 120 Å². The minimum Gasteiger partial charge on any atom is -0.311 e. The number of rotatable bonds is 7. The molecule has 0 radical (unpaired) electrons. The predicted octanol–water partition coefficient (Wildman–Crippen LogP) is 1.28. The Balaban J connectivity index is 1.79. The minimum atomic E-state index is 0.785. The van der Waals surface area contributed by atoms with E-state index in [1.54, 1.807) is 0 Å². The van der Waals surface area contributed by atoms with Crippen molar-refractivity contribution in [2.75, 3.05) is 6.54 Å². The molecule has 2 heterocycles. The van der Waals surface area contributed by atoms with Crippen molar-refractivity contribution in [1.82, 2.24) is 30.1 Å². The minimum absolute atomic E-state index is 0.785. The normalized spacial score (nSPS) is 11.0. The molecule has 0 aliphatic rings. The highest BCUT2D eigenvalue weighted by atomic mass is 127. The Morgan fingerprint density at radius 1 is 1.28 bits per heavy atom. The Kier molecular flexibility index (Phi) is 5.12. The molecule has 6 nitrogen and oxygen atoms in total. The number of nitrogens with one attached hydrogen (secondary N) is 1. The highest BCUT2D eigenvalue weighted by Crippen LogP contribution is 2.01. The topological polar surface area (TPSA) is 60.6 Å². The molecule has 0 saturated carbocycles. The van der Waals surface area contributed by atoms with Gasteiger partial charge in [-0.25, -0.2) is 0 Å². The van der Waals surface area contributed by atoms with E-state index >= 15 is 0 Å². The number of nitrogens with zero attached hydrogens (tertiary/aromatic N) is 5. The van der Waals surface area contributed by atoms with Gasteiger partial charge in [-0.15, -0.1) is 5.10 Å². The quantitative estimate of drug-likeness (QED) is 0.597. The number of hydrogen-bond donors (Lipinski definition) is 1. The molecular weight excluding hydrogens is 343 g/mol. The molecule has 0 amide bonds. The Bertz CT molecular complexity index is 477. The van der Waals surface area contributed by atoms with Gasteiger partial charge in [0, 0.05) is 18.9 Å². The molecule has 0 fully saturated rings. The van der Waals surface area contributed by atoms with E-state index in [1.165, 1.54) is 0 Å². The van der Waals surface area contributed by atoms with Crippen LogP contribution in [0.15, 0.2) is 18.6 Å². The molecule has 0 aliphatic carbocycles. The molecule has 0 aromatic carbocycles. The maximum atomic E-state index is 4.23. The van der Waals surface area contributed by atoms with E-state index in [0.717, 1.165) is 41.9 Å². The van der Waals surface area contributed by atoms with Gasteiger partial charge in [-0.1, -0.05) is 12.1 Å². The second-order valence-corrected chi connectivity index (χ2v) is 5.32. The maximum absolute atomic E-state index is 4.23. The summed E-state index contributed by atoms with van der Waals surface area (Å²) < 4.78 is 4.92. The Hall–Kier alpha value is -0.960. The number of aromatic nitrogens is 5. The van der Waals surface area contributed by atoms with Crippen molar-refractivity contribution in [3.8, 4) is 0 Å². The molecule has 0 bridgehead atoms. The van der Waals surface area contributed by atoms with Gasteiger partial charge >= 0.3 is 0 Å². The lowest BCUT2D eigenvalue weighted by atomic mass is 10.4. The zero-order chi connectivity index (χ0) is 12.8. The fraction of sp³-hybridized carbons (Fsp3) is 0.545. The summed E-state index contributed by atoms with van der Waals surface area (Å²) in [4.78, 5) is 0. The SMILES string of the molecule is CCCNCc1cn(CCn2cc(I)cn2)nn1. The van der Waals surface area contributed by atoms with Gasteiger partial charge in [0.1, 0.15) is 0 Å². The third-order valence-corrected chi connectivity index (χ3v) is 3.04. The maximum Gasteiger partial charge on any atom is 0.0964 e. The highest BCUT2D eigenvalue weighted by Gasteiger charge is 2.01. The molecule has 2 rings (SSSR count). The molecule has 0 aliphatic heterocycles. The average Bonchev–Trinajstić information content (AvgIpc) is 2.96. The standard InChI is InChI=1S/C11H17IN6/c1-2-3-13-7-11-9-18(16-15-11)5-4-17-8-10(12)6-14-17/h6,8-9,13H,2-5,7H2,1H3. The van der Waals surface area contributed by atoms with E-state index in [0.29, 0.717) is 0 Å². The first-order chi connectivity index (χ1) is 8.78. The van der Waals surface area contributed by atoms with Crippen LogP contribution >= 0.6 is 22.6 Å². The molecular formula is C11H17IN6. The van der Waals surface area contributed by atoms with Crippen LogP contribution in [-0.4, -0.2) is 31.3 Å². The van der Waals surface area contributed by atoms with Crippen LogP contribution in [-0.2, 0) is 19.6 Å². The lowest BCUT2D eigenvalue weighted by Crippen LogP contribution is -2.14. The molecule has 98 valence electrons. The molecule has 2 aromatic heterocycles. The smallest absolute Gasteiger partial charge is 0.0964 e. The van der Waals surface area contributed by atoms with Gasteiger partial charge in [-0.2, -0.15) is 5.10 Å². The molecule has 7 heteroatoms. The molecule has 18 heavy (non-hydrogen) atoms. The summed E-state index contributed by atoms with van der Waals surface area (Å²) in [7, 11) is 0. The summed E-state index contributed by atoms with van der Waals surface area (Å²) >= 11 is 2.25. The van der Waals surface area contributed by atoms with Crippen LogP contribution in [0.4, 0.5) is 0 Å². The monoisotopic (exact) mass is 360 g/mol. The van der Waals surface area contributed by atoms with E-state index in [1.807, 2.05) is 28.0 Å². The summed E-state index contributed by atoms with van der Waals surface area (Å²) in [5.74, 6) is 0. The van der Waals surface area contributed by atoms with Crippen molar-refractivity contribution in [3.63, 3.8) is 0 Å². The van der Waals surface area contributed by atoms with Crippen molar-refractivity contribution in [2.24, 2.45) is 0 Å². The van der Waals surface area contributed by atoms with E-state index in [2.05, 4.69) is 50.2 Å². The first-order valence-corrected chi connectivity index (χ1v) is 7.13. The number of halogens is 1. The van der Waals surface area contributed by atoms with Gasteiger partial charge in [0.15, 0.2) is 0 Å². The summed E-state index contributed by atoms with van der Waals surface area (Å²) in [6.07, 6.45) is 6.98. The zero-order valence-electron chi connectivity index (χ0n) is 10.4. The van der Waals surface area contributed by atoms with Crippen molar-refractivity contribution >= 4 is 22.6 Å². The summed E-state index contributed by atoms with van der Waals surface area (Å²) in [6, 6.07) is 0. The predicted molar refractivity (Wildman–Crippen MR) is 77.0 cm³/mol. The van der Waals surface area contributed by atoms with Crippen LogP contribution < -0.4 is 5.32 Å².